The van der Waals surface area contributed by atoms with Gasteiger partial charge in [-0.25, -0.2) is 0 Å². The van der Waals surface area contributed by atoms with Gasteiger partial charge in [0.05, 0.1) is 17.5 Å². The van der Waals surface area contributed by atoms with E-state index in [1.165, 1.54) is 5.39 Å². The molecule has 0 aliphatic heterocycles. The van der Waals surface area contributed by atoms with Gasteiger partial charge in [0.2, 0.25) is 5.71 Å². The Morgan fingerprint density at radius 2 is 1.12 bits per heavy atom. The predicted molar refractivity (Wildman–Crippen MR) is 165 cm³/mol. The Balaban J connectivity index is 1.22. The summed E-state index contributed by atoms with van der Waals surface area (Å²) >= 11 is 0. The van der Waals surface area contributed by atoms with Crippen molar-refractivity contribution in [3.63, 3.8) is 0 Å². The Labute approximate surface area is 232 Å². The second-order valence-corrected chi connectivity index (χ2v) is 9.82. The van der Waals surface area contributed by atoms with Crippen LogP contribution in [-0.2, 0) is 0 Å². The molecular formula is C37H26N2O. The molecule has 0 amide bonds. The number of para-hydroxylation sites is 1. The number of benzene rings is 5. The largest absolute Gasteiger partial charge is 0.447 e. The van der Waals surface area contributed by atoms with Gasteiger partial charge >= 0.3 is 0 Å². The molecule has 3 nitrogen and oxygen atoms in total. The van der Waals surface area contributed by atoms with Gasteiger partial charge in [-0.05, 0) is 63.7 Å². The van der Waals surface area contributed by atoms with Crippen LogP contribution in [0.4, 0.5) is 0 Å². The zero-order valence-corrected chi connectivity index (χ0v) is 21.8. The number of hydrogen-bond acceptors (Lipinski definition) is 2. The van der Waals surface area contributed by atoms with Gasteiger partial charge < -0.3 is 9.83 Å². The third kappa shape index (κ3) is 4.24. The van der Waals surface area contributed by atoms with Gasteiger partial charge in [0, 0.05) is 16.5 Å². The molecule has 7 aromatic rings. The highest BCUT2D eigenvalue weighted by Gasteiger charge is 2.14. The third-order valence-corrected chi connectivity index (χ3v) is 7.40. The Morgan fingerprint density at radius 1 is 0.550 bits per heavy atom. The van der Waals surface area contributed by atoms with E-state index < -0.39 is 0 Å². The number of rotatable bonds is 6. The Morgan fingerprint density at radius 3 is 1.82 bits per heavy atom. The van der Waals surface area contributed by atoms with E-state index in [1.807, 2.05) is 60.7 Å². The second-order valence-electron chi connectivity index (χ2n) is 9.82. The summed E-state index contributed by atoms with van der Waals surface area (Å²) in [6, 6.07) is 47.8. The second kappa shape index (κ2) is 10.0. The fourth-order valence-corrected chi connectivity index (χ4v) is 5.38. The van der Waals surface area contributed by atoms with Gasteiger partial charge in [-0.2, -0.15) is 0 Å². The number of allylic oxidation sites excluding steroid dienone is 1. The van der Waals surface area contributed by atoms with E-state index >= 15 is 0 Å². The molecule has 0 fully saturated rings. The first-order valence-corrected chi connectivity index (χ1v) is 13.4. The van der Waals surface area contributed by atoms with Gasteiger partial charge in [-0.15, -0.1) is 0 Å². The standard InChI is InChI=1S/C37H26N2O/c38-35(30-11-5-2-6-12-30)25-34(28-9-3-1-4-10-28)29-17-15-26(16-18-29)27-19-21-31(22-20-27)39-36-14-8-7-13-32(36)33-23-24-40-37(33)39/h1-25,38H/b34-25-,38-35?. The minimum absolute atomic E-state index is 0.488. The summed E-state index contributed by atoms with van der Waals surface area (Å²) in [5.74, 6) is 0. The molecule has 0 saturated heterocycles. The average Bonchev–Trinajstić information content (AvgIpc) is 3.62. The van der Waals surface area contributed by atoms with Crippen LogP contribution in [-0.4, -0.2) is 10.3 Å². The summed E-state index contributed by atoms with van der Waals surface area (Å²) in [5, 5.41) is 11.0. The lowest BCUT2D eigenvalue weighted by atomic mass is 9.93. The van der Waals surface area contributed by atoms with Crippen LogP contribution in [0.15, 0.2) is 156 Å². The van der Waals surface area contributed by atoms with Crippen molar-refractivity contribution in [1.82, 2.24) is 4.57 Å². The Kier molecular flexibility index (Phi) is 5.95. The summed E-state index contributed by atoms with van der Waals surface area (Å²) in [5.41, 5.74) is 9.92. The van der Waals surface area contributed by atoms with E-state index in [0.29, 0.717) is 5.71 Å². The van der Waals surface area contributed by atoms with Crippen LogP contribution < -0.4 is 0 Å². The van der Waals surface area contributed by atoms with Gasteiger partial charge in [0.25, 0.3) is 0 Å². The van der Waals surface area contributed by atoms with E-state index in [1.54, 1.807) is 6.26 Å². The van der Waals surface area contributed by atoms with E-state index in [9.17, 15) is 0 Å². The molecule has 0 spiro atoms. The number of aromatic nitrogens is 1. The maximum Gasteiger partial charge on any atom is 0.212 e. The highest BCUT2D eigenvalue weighted by Crippen LogP contribution is 2.33. The van der Waals surface area contributed by atoms with Crippen LogP contribution in [0.1, 0.15) is 16.7 Å². The van der Waals surface area contributed by atoms with Crippen molar-refractivity contribution >= 4 is 33.3 Å². The number of fused-ring (bicyclic) bond motifs is 3. The van der Waals surface area contributed by atoms with Crippen LogP contribution in [0.5, 0.6) is 0 Å². The molecule has 0 bridgehead atoms. The van der Waals surface area contributed by atoms with Crippen LogP contribution in [0.25, 0.3) is 44.4 Å². The van der Waals surface area contributed by atoms with E-state index in [0.717, 1.165) is 55.7 Å². The number of nitrogens with one attached hydrogen (secondary N) is 1. The molecule has 0 atom stereocenters. The summed E-state index contributed by atoms with van der Waals surface area (Å²) in [6.45, 7) is 0. The quantitative estimate of drug-likeness (QED) is 0.221. The van der Waals surface area contributed by atoms with Gasteiger partial charge in [0.15, 0.2) is 0 Å². The lowest BCUT2D eigenvalue weighted by Gasteiger charge is -2.12. The van der Waals surface area contributed by atoms with E-state index in [-0.39, 0.29) is 0 Å². The molecular weight excluding hydrogens is 488 g/mol. The molecule has 0 saturated carbocycles. The smallest absolute Gasteiger partial charge is 0.212 e. The SMILES string of the molecule is N=C(/C=C(/c1ccccc1)c1ccc(-c2ccc(-n3c4ccccc4c4ccoc43)cc2)cc1)c1ccccc1. The fourth-order valence-electron chi connectivity index (χ4n) is 5.38. The summed E-state index contributed by atoms with van der Waals surface area (Å²) in [4.78, 5) is 0. The maximum atomic E-state index is 8.72. The molecule has 0 radical (unpaired) electrons. The molecule has 5 aromatic carbocycles. The normalized spacial score (nSPS) is 11.8. The molecule has 1 N–H and O–H groups in total. The molecule has 0 unspecified atom stereocenters. The highest BCUT2D eigenvalue weighted by molar-refractivity contribution is 6.12. The van der Waals surface area contributed by atoms with Gasteiger partial charge in [-0.1, -0.05) is 115 Å². The molecule has 7 rings (SSSR count). The zero-order chi connectivity index (χ0) is 26.9. The van der Waals surface area contributed by atoms with E-state index in [2.05, 4.69) is 89.5 Å². The number of hydrogen-bond donors (Lipinski definition) is 1. The number of nitrogens with zero attached hydrogens (tertiary/aromatic N) is 1. The minimum Gasteiger partial charge on any atom is -0.447 e. The molecule has 3 heteroatoms. The number of furan rings is 1. The van der Waals surface area contributed by atoms with Crippen LogP contribution in [0, 0.1) is 5.41 Å². The average molecular weight is 515 g/mol. The fraction of sp³-hybridized carbons (Fsp3) is 0. The first-order chi connectivity index (χ1) is 19.8. The van der Waals surface area contributed by atoms with Crippen LogP contribution in [0.2, 0.25) is 0 Å². The molecule has 0 aliphatic carbocycles. The first kappa shape index (κ1) is 23.7. The predicted octanol–water partition coefficient (Wildman–Crippen LogP) is 9.54. The third-order valence-electron chi connectivity index (χ3n) is 7.40. The Hall–Kier alpha value is -5.41. The Bertz CT molecular complexity index is 1980. The summed E-state index contributed by atoms with van der Waals surface area (Å²) < 4.78 is 8.05. The first-order valence-electron chi connectivity index (χ1n) is 13.4. The van der Waals surface area contributed by atoms with Crippen molar-refractivity contribution in [3.8, 4) is 16.8 Å². The summed E-state index contributed by atoms with van der Waals surface area (Å²) in [6.07, 6.45) is 3.72. The lowest BCUT2D eigenvalue weighted by Crippen LogP contribution is -1.98. The lowest BCUT2D eigenvalue weighted by molar-refractivity contribution is 0.596. The van der Waals surface area contributed by atoms with Gasteiger partial charge in [0.1, 0.15) is 0 Å². The molecule has 2 heterocycles. The zero-order valence-electron chi connectivity index (χ0n) is 21.8. The van der Waals surface area contributed by atoms with Crippen molar-refractivity contribution in [1.29, 1.82) is 5.41 Å². The maximum absolute atomic E-state index is 8.72. The van der Waals surface area contributed by atoms with Crippen molar-refractivity contribution in [2.45, 2.75) is 0 Å². The van der Waals surface area contributed by atoms with Crippen molar-refractivity contribution in [2.75, 3.05) is 0 Å². The van der Waals surface area contributed by atoms with Crippen LogP contribution in [0.3, 0.4) is 0 Å². The van der Waals surface area contributed by atoms with Crippen molar-refractivity contribution in [2.24, 2.45) is 0 Å². The monoisotopic (exact) mass is 514 g/mol. The molecule has 40 heavy (non-hydrogen) atoms. The topological polar surface area (TPSA) is 41.9 Å². The highest BCUT2D eigenvalue weighted by atomic mass is 16.3. The van der Waals surface area contributed by atoms with Crippen molar-refractivity contribution in [3.05, 3.63) is 169 Å². The van der Waals surface area contributed by atoms with Gasteiger partial charge in [-0.3, -0.25) is 4.57 Å². The molecule has 0 aliphatic rings. The summed E-state index contributed by atoms with van der Waals surface area (Å²) in [7, 11) is 0. The molecule has 2 aromatic heterocycles. The van der Waals surface area contributed by atoms with Crippen molar-refractivity contribution < 1.29 is 4.42 Å². The van der Waals surface area contributed by atoms with Crippen LogP contribution >= 0.6 is 0 Å². The molecule has 190 valence electrons. The van der Waals surface area contributed by atoms with E-state index in [4.69, 9.17) is 9.83 Å². The minimum atomic E-state index is 0.488.